The first-order chi connectivity index (χ1) is 10.9. The molecule has 0 unspecified atom stereocenters. The molecule has 0 spiro atoms. The van der Waals surface area contributed by atoms with E-state index < -0.39 is 23.0 Å². The minimum absolute atomic E-state index is 0.373. The number of carbonyl (C=O) groups is 1. The van der Waals surface area contributed by atoms with Crippen molar-refractivity contribution in [3.05, 3.63) is 64.7 Å². The van der Waals surface area contributed by atoms with Crippen molar-refractivity contribution in [1.82, 2.24) is 4.90 Å². The molecule has 0 radical (unpaired) electrons. The molecule has 0 amide bonds. The summed E-state index contributed by atoms with van der Waals surface area (Å²) in [7, 11) is 3.47. The van der Waals surface area contributed by atoms with Crippen molar-refractivity contribution in [2.75, 3.05) is 14.2 Å². The van der Waals surface area contributed by atoms with Crippen molar-refractivity contribution in [2.45, 2.75) is 20.0 Å². The van der Waals surface area contributed by atoms with Gasteiger partial charge in [0.15, 0.2) is 5.78 Å². The van der Waals surface area contributed by atoms with Crippen LogP contribution in [0.3, 0.4) is 0 Å². The highest BCUT2D eigenvalue weighted by atomic mass is 19.1. The van der Waals surface area contributed by atoms with Crippen molar-refractivity contribution < 1.29 is 18.3 Å². The molecule has 2 rings (SSSR count). The largest absolute Gasteiger partial charge is 0.497 e. The summed E-state index contributed by atoms with van der Waals surface area (Å²) in [4.78, 5) is 13.1. The highest BCUT2D eigenvalue weighted by molar-refractivity contribution is 5.94. The summed E-state index contributed by atoms with van der Waals surface area (Å²) >= 11 is 0. The molecular weight excluding hydrogens is 300 g/mol. The van der Waals surface area contributed by atoms with Crippen LogP contribution < -0.4 is 4.74 Å². The van der Waals surface area contributed by atoms with Gasteiger partial charge in [0.1, 0.15) is 17.4 Å². The maximum atomic E-state index is 13.8. The average molecular weight is 319 g/mol. The maximum absolute atomic E-state index is 13.8. The number of carbonyl (C=O) groups excluding carboxylic acids is 1. The van der Waals surface area contributed by atoms with Crippen molar-refractivity contribution >= 4 is 5.78 Å². The van der Waals surface area contributed by atoms with Crippen LogP contribution in [0.1, 0.15) is 28.4 Å². The highest BCUT2D eigenvalue weighted by Crippen LogP contribution is 2.18. The third-order valence-electron chi connectivity index (χ3n) is 3.52. The van der Waals surface area contributed by atoms with Crippen molar-refractivity contribution in [3.8, 4) is 5.75 Å². The van der Waals surface area contributed by atoms with Crippen LogP contribution in [0, 0.1) is 11.6 Å². The molecule has 0 aliphatic carbocycles. The number of rotatable bonds is 6. The first kappa shape index (κ1) is 17.1. The molecule has 0 saturated heterocycles. The lowest BCUT2D eigenvalue weighted by Gasteiger charge is -2.17. The molecule has 122 valence electrons. The van der Waals surface area contributed by atoms with Crippen LogP contribution in [0.15, 0.2) is 36.4 Å². The number of methoxy groups -OCH3 is 1. The summed E-state index contributed by atoms with van der Waals surface area (Å²) in [6, 6.07) is 10.0. The van der Waals surface area contributed by atoms with E-state index in [4.69, 9.17) is 4.74 Å². The third kappa shape index (κ3) is 4.36. The van der Waals surface area contributed by atoms with Gasteiger partial charge in [0.25, 0.3) is 0 Å². The normalized spacial score (nSPS) is 10.9. The van der Waals surface area contributed by atoms with Crippen LogP contribution in [-0.4, -0.2) is 24.8 Å². The second-order valence-electron chi connectivity index (χ2n) is 5.51. The van der Waals surface area contributed by atoms with Crippen LogP contribution >= 0.6 is 0 Å². The molecule has 5 heteroatoms. The van der Waals surface area contributed by atoms with E-state index in [9.17, 15) is 13.6 Å². The second kappa shape index (κ2) is 7.33. The van der Waals surface area contributed by atoms with E-state index >= 15 is 0 Å². The molecule has 23 heavy (non-hydrogen) atoms. The van der Waals surface area contributed by atoms with E-state index in [0.29, 0.717) is 18.7 Å². The summed E-state index contributed by atoms with van der Waals surface area (Å²) in [5.74, 6) is -1.46. The Hall–Kier alpha value is -2.27. The smallest absolute Gasteiger partial charge is 0.165 e. The lowest BCUT2D eigenvalue weighted by molar-refractivity contribution is 0.100. The number of benzene rings is 2. The van der Waals surface area contributed by atoms with Gasteiger partial charge in [-0.05, 0) is 49.4 Å². The molecule has 0 atom stereocenters. The summed E-state index contributed by atoms with van der Waals surface area (Å²) in [5.41, 5.74) is 1.07. The van der Waals surface area contributed by atoms with E-state index in [1.54, 1.807) is 7.11 Å². The maximum Gasteiger partial charge on any atom is 0.165 e. The molecular formula is C18H19F2NO2. The first-order valence-electron chi connectivity index (χ1n) is 7.21. The van der Waals surface area contributed by atoms with Gasteiger partial charge >= 0.3 is 0 Å². The fourth-order valence-corrected chi connectivity index (χ4v) is 2.46. The van der Waals surface area contributed by atoms with E-state index in [0.717, 1.165) is 18.2 Å². The Morgan fingerprint density at radius 2 is 1.57 bits per heavy atom. The van der Waals surface area contributed by atoms with Gasteiger partial charge in [0, 0.05) is 13.1 Å². The van der Waals surface area contributed by atoms with Crippen LogP contribution in [0.25, 0.3) is 0 Å². The van der Waals surface area contributed by atoms with Gasteiger partial charge in [0.2, 0.25) is 0 Å². The summed E-state index contributed by atoms with van der Waals surface area (Å²) in [6.07, 6.45) is 0. The Morgan fingerprint density at radius 3 is 2.04 bits per heavy atom. The number of hydrogen-bond acceptors (Lipinski definition) is 3. The van der Waals surface area contributed by atoms with Crippen LogP contribution in [0.4, 0.5) is 8.78 Å². The minimum Gasteiger partial charge on any atom is -0.497 e. The standard InChI is InChI=1S/C18H19F2NO2/c1-12(22)18-16(19)8-14(9-17(18)20)11-21(2)10-13-4-6-15(23-3)7-5-13/h4-9H,10-11H2,1-3H3. The molecule has 0 bridgehead atoms. The van der Waals surface area contributed by atoms with Crippen molar-refractivity contribution in [1.29, 1.82) is 0 Å². The van der Waals surface area contributed by atoms with E-state index in [1.165, 1.54) is 12.1 Å². The third-order valence-corrected chi connectivity index (χ3v) is 3.52. The number of Topliss-reactive ketones (excluding diaryl/α,β-unsaturated/α-hetero) is 1. The Labute approximate surface area is 134 Å². The quantitative estimate of drug-likeness (QED) is 0.758. The zero-order chi connectivity index (χ0) is 17.0. The lowest BCUT2D eigenvalue weighted by Crippen LogP contribution is -2.18. The highest BCUT2D eigenvalue weighted by Gasteiger charge is 2.15. The molecule has 2 aromatic carbocycles. The number of nitrogens with zero attached hydrogens (tertiary/aromatic N) is 1. The zero-order valence-electron chi connectivity index (χ0n) is 13.4. The molecule has 0 aliphatic rings. The fourth-order valence-electron chi connectivity index (χ4n) is 2.46. The van der Waals surface area contributed by atoms with Crippen LogP contribution in [-0.2, 0) is 13.1 Å². The summed E-state index contributed by atoms with van der Waals surface area (Å²) < 4.78 is 32.8. The Morgan fingerprint density at radius 1 is 1.04 bits per heavy atom. The minimum atomic E-state index is -0.814. The van der Waals surface area contributed by atoms with E-state index in [-0.39, 0.29) is 0 Å². The number of hydrogen-bond donors (Lipinski definition) is 0. The predicted octanol–water partition coefficient (Wildman–Crippen LogP) is 3.81. The second-order valence-corrected chi connectivity index (χ2v) is 5.51. The summed E-state index contributed by atoms with van der Waals surface area (Å²) in [6.45, 7) is 2.15. The van der Waals surface area contributed by atoms with Gasteiger partial charge in [-0.3, -0.25) is 9.69 Å². The predicted molar refractivity (Wildman–Crippen MR) is 84.5 cm³/mol. The number of ether oxygens (including phenoxy) is 1. The first-order valence-corrected chi connectivity index (χ1v) is 7.21. The summed E-state index contributed by atoms with van der Waals surface area (Å²) in [5, 5.41) is 0. The monoisotopic (exact) mass is 319 g/mol. The van der Waals surface area contributed by atoms with Crippen LogP contribution in [0.2, 0.25) is 0 Å². The molecule has 0 saturated carbocycles. The average Bonchev–Trinajstić information content (AvgIpc) is 2.46. The molecule has 0 aromatic heterocycles. The molecule has 0 fully saturated rings. The Balaban J connectivity index is 2.07. The van der Waals surface area contributed by atoms with E-state index in [2.05, 4.69) is 0 Å². The Kier molecular flexibility index (Phi) is 5.45. The van der Waals surface area contributed by atoms with Gasteiger partial charge in [-0.1, -0.05) is 12.1 Å². The van der Waals surface area contributed by atoms with E-state index in [1.807, 2.05) is 36.2 Å². The topological polar surface area (TPSA) is 29.5 Å². The fraction of sp³-hybridized carbons (Fsp3) is 0.278. The molecule has 3 nitrogen and oxygen atoms in total. The zero-order valence-corrected chi connectivity index (χ0v) is 13.4. The van der Waals surface area contributed by atoms with Gasteiger partial charge in [0.05, 0.1) is 12.7 Å². The molecule has 2 aromatic rings. The molecule has 0 aliphatic heterocycles. The van der Waals surface area contributed by atoms with Crippen molar-refractivity contribution in [2.24, 2.45) is 0 Å². The number of ketones is 1. The van der Waals surface area contributed by atoms with Gasteiger partial charge < -0.3 is 4.74 Å². The lowest BCUT2D eigenvalue weighted by atomic mass is 10.1. The van der Waals surface area contributed by atoms with Gasteiger partial charge in [-0.15, -0.1) is 0 Å². The Bertz CT molecular complexity index is 676. The number of halogens is 2. The molecule has 0 heterocycles. The van der Waals surface area contributed by atoms with Crippen molar-refractivity contribution in [3.63, 3.8) is 0 Å². The van der Waals surface area contributed by atoms with Gasteiger partial charge in [-0.25, -0.2) is 8.78 Å². The molecule has 0 N–H and O–H groups in total. The van der Waals surface area contributed by atoms with Gasteiger partial charge in [-0.2, -0.15) is 0 Å². The SMILES string of the molecule is COc1ccc(CN(C)Cc2cc(F)c(C(C)=O)c(F)c2)cc1. The van der Waals surface area contributed by atoms with Crippen LogP contribution in [0.5, 0.6) is 5.75 Å².